The lowest BCUT2D eigenvalue weighted by Crippen LogP contribution is -2.12. The Bertz CT molecular complexity index is 1150. The summed E-state index contributed by atoms with van der Waals surface area (Å²) < 4.78 is 40.9. The lowest BCUT2D eigenvalue weighted by Gasteiger charge is -2.09. The molecule has 3 aromatic heterocycles. The maximum atomic E-state index is 13.0. The van der Waals surface area contributed by atoms with Gasteiger partial charge >= 0.3 is 6.18 Å². The second kappa shape index (κ2) is 6.19. The van der Waals surface area contributed by atoms with E-state index in [0.717, 1.165) is 16.8 Å². The van der Waals surface area contributed by atoms with Gasteiger partial charge in [-0.2, -0.15) is 13.2 Å². The first-order valence-electron chi connectivity index (χ1n) is 8.29. The van der Waals surface area contributed by atoms with Crippen molar-refractivity contribution >= 4 is 5.65 Å². The molecule has 0 spiro atoms. The number of nitrogens with zero attached hydrogens (tertiary/aromatic N) is 4. The molecule has 4 rings (SSSR count). The summed E-state index contributed by atoms with van der Waals surface area (Å²) in [6.45, 7) is 3.53. The van der Waals surface area contributed by atoms with E-state index in [-0.39, 0.29) is 11.4 Å². The molecule has 0 bridgehead atoms. The fourth-order valence-electron chi connectivity index (χ4n) is 3.00. The second-order valence-corrected chi connectivity index (χ2v) is 6.37. The van der Waals surface area contributed by atoms with Crippen LogP contribution in [0.25, 0.3) is 28.2 Å². The fraction of sp³-hybridized carbons (Fsp3) is 0.150. The van der Waals surface area contributed by atoms with Gasteiger partial charge in [0, 0.05) is 23.0 Å². The number of aromatic nitrogens is 4. The third-order valence-corrected chi connectivity index (χ3v) is 4.23. The molecule has 0 radical (unpaired) electrons. The Morgan fingerprint density at radius 3 is 2.48 bits per heavy atom. The van der Waals surface area contributed by atoms with E-state index in [1.54, 1.807) is 24.5 Å². The minimum Gasteiger partial charge on any atom is -0.300 e. The molecular weight excluding hydrogens is 353 g/mol. The minimum absolute atomic E-state index is 0.220. The third-order valence-electron chi connectivity index (χ3n) is 4.23. The fourth-order valence-corrected chi connectivity index (χ4v) is 3.00. The summed E-state index contributed by atoms with van der Waals surface area (Å²) in [6.07, 6.45) is -1.04. The first-order valence-corrected chi connectivity index (χ1v) is 8.29. The number of alkyl halides is 3. The number of fused-ring (bicyclic) bond motifs is 1. The molecule has 0 fully saturated rings. The summed E-state index contributed by atoms with van der Waals surface area (Å²) >= 11 is 0. The van der Waals surface area contributed by atoms with Crippen molar-refractivity contribution in [2.45, 2.75) is 20.0 Å². The number of benzene rings is 1. The Balaban J connectivity index is 1.81. The van der Waals surface area contributed by atoms with E-state index in [2.05, 4.69) is 21.0 Å². The molecule has 136 valence electrons. The first-order chi connectivity index (χ1) is 12.8. The van der Waals surface area contributed by atoms with Gasteiger partial charge in [0.2, 0.25) is 5.82 Å². The molecule has 1 aromatic carbocycles. The number of pyridine rings is 1. The van der Waals surface area contributed by atoms with Gasteiger partial charge in [-0.3, -0.25) is 4.40 Å². The van der Waals surface area contributed by atoms with E-state index >= 15 is 0 Å². The summed E-state index contributed by atoms with van der Waals surface area (Å²) in [5.41, 5.74) is 4.74. The minimum atomic E-state index is -4.59. The molecule has 3 heterocycles. The van der Waals surface area contributed by atoms with Crippen LogP contribution >= 0.6 is 0 Å². The normalized spacial score (nSPS) is 11.9. The van der Waals surface area contributed by atoms with Gasteiger partial charge in [0.1, 0.15) is 5.65 Å². The molecular formula is C20H15F3N4. The number of hydrogen-bond acceptors (Lipinski definition) is 3. The molecule has 27 heavy (non-hydrogen) atoms. The highest BCUT2D eigenvalue weighted by molar-refractivity contribution is 5.69. The van der Waals surface area contributed by atoms with Gasteiger partial charge < -0.3 is 0 Å². The Hall–Kier alpha value is -3.22. The molecule has 0 saturated heterocycles. The molecule has 0 aliphatic carbocycles. The van der Waals surface area contributed by atoms with Gasteiger partial charge in [0.05, 0.1) is 17.6 Å². The molecule has 0 amide bonds. The number of halogens is 3. The van der Waals surface area contributed by atoms with Gasteiger partial charge in [-0.05, 0) is 38.1 Å². The summed E-state index contributed by atoms with van der Waals surface area (Å²) in [7, 11) is 0. The Morgan fingerprint density at radius 1 is 0.926 bits per heavy atom. The first kappa shape index (κ1) is 17.2. The molecule has 4 nitrogen and oxygen atoms in total. The van der Waals surface area contributed by atoms with E-state index < -0.39 is 12.0 Å². The SMILES string of the molecule is Cc1cccc(-c2cnc3cc(-c4cc(C)nc(C(F)(F)F)n4)ccn23)c1. The van der Waals surface area contributed by atoms with Crippen molar-refractivity contribution in [3.8, 4) is 22.5 Å². The quantitative estimate of drug-likeness (QED) is 0.495. The van der Waals surface area contributed by atoms with Crippen LogP contribution in [0.1, 0.15) is 17.1 Å². The van der Waals surface area contributed by atoms with Gasteiger partial charge in [-0.1, -0.05) is 23.8 Å². The van der Waals surface area contributed by atoms with Gasteiger partial charge in [-0.15, -0.1) is 0 Å². The van der Waals surface area contributed by atoms with Crippen LogP contribution in [-0.4, -0.2) is 19.4 Å². The van der Waals surface area contributed by atoms with E-state index in [1.807, 2.05) is 29.5 Å². The molecule has 0 N–H and O–H groups in total. The van der Waals surface area contributed by atoms with Crippen LogP contribution in [0.3, 0.4) is 0 Å². The third kappa shape index (κ3) is 3.28. The topological polar surface area (TPSA) is 43.1 Å². The van der Waals surface area contributed by atoms with E-state index in [0.29, 0.717) is 11.2 Å². The van der Waals surface area contributed by atoms with Crippen LogP contribution in [0.2, 0.25) is 0 Å². The largest absolute Gasteiger partial charge is 0.451 e. The van der Waals surface area contributed by atoms with E-state index in [1.165, 1.54) is 13.0 Å². The number of rotatable bonds is 2. The van der Waals surface area contributed by atoms with Crippen molar-refractivity contribution in [2.24, 2.45) is 0 Å². The molecule has 0 aliphatic rings. The summed E-state index contributed by atoms with van der Waals surface area (Å²) in [5.74, 6) is -1.14. The van der Waals surface area contributed by atoms with Crippen molar-refractivity contribution in [3.05, 3.63) is 71.9 Å². The highest BCUT2D eigenvalue weighted by Crippen LogP contribution is 2.29. The average Bonchev–Trinajstić information content (AvgIpc) is 3.03. The van der Waals surface area contributed by atoms with Crippen LogP contribution < -0.4 is 0 Å². The van der Waals surface area contributed by atoms with Crippen LogP contribution in [0, 0.1) is 13.8 Å². The highest BCUT2D eigenvalue weighted by atomic mass is 19.4. The van der Waals surface area contributed by atoms with Gasteiger partial charge in [0.25, 0.3) is 0 Å². The number of aryl methyl sites for hydroxylation is 2. The van der Waals surface area contributed by atoms with Crippen molar-refractivity contribution in [2.75, 3.05) is 0 Å². The summed E-state index contributed by atoms with van der Waals surface area (Å²) in [5, 5.41) is 0. The molecule has 4 aromatic rings. The Kier molecular flexibility index (Phi) is 3.95. The Morgan fingerprint density at radius 2 is 1.74 bits per heavy atom. The van der Waals surface area contributed by atoms with Crippen molar-refractivity contribution < 1.29 is 13.2 Å². The van der Waals surface area contributed by atoms with Crippen LogP contribution in [0.15, 0.2) is 54.9 Å². The maximum Gasteiger partial charge on any atom is 0.451 e. The van der Waals surface area contributed by atoms with Crippen LogP contribution in [0.5, 0.6) is 0 Å². The standard InChI is InChI=1S/C20H15F3N4/c1-12-4-3-5-15(8-12)17-11-24-18-10-14(6-7-27(17)18)16-9-13(2)25-19(26-16)20(21,22)23/h3-11H,1-2H3. The lowest BCUT2D eigenvalue weighted by atomic mass is 10.1. The Labute approximate surface area is 153 Å². The van der Waals surface area contributed by atoms with E-state index in [9.17, 15) is 13.2 Å². The lowest BCUT2D eigenvalue weighted by molar-refractivity contribution is -0.145. The average molecular weight is 368 g/mol. The van der Waals surface area contributed by atoms with Crippen molar-refractivity contribution in [3.63, 3.8) is 0 Å². The van der Waals surface area contributed by atoms with E-state index in [4.69, 9.17) is 0 Å². The van der Waals surface area contributed by atoms with Crippen molar-refractivity contribution in [1.29, 1.82) is 0 Å². The number of hydrogen-bond donors (Lipinski definition) is 0. The smallest absolute Gasteiger partial charge is 0.300 e. The monoisotopic (exact) mass is 368 g/mol. The molecule has 7 heteroatoms. The molecule has 0 aliphatic heterocycles. The zero-order chi connectivity index (χ0) is 19.2. The summed E-state index contributed by atoms with van der Waals surface area (Å²) in [4.78, 5) is 11.6. The van der Waals surface area contributed by atoms with Crippen LogP contribution in [-0.2, 0) is 6.18 Å². The number of imidazole rings is 1. The molecule has 0 unspecified atom stereocenters. The maximum absolute atomic E-state index is 13.0. The highest BCUT2D eigenvalue weighted by Gasteiger charge is 2.35. The zero-order valence-electron chi connectivity index (χ0n) is 14.6. The van der Waals surface area contributed by atoms with Gasteiger partial charge in [0.15, 0.2) is 0 Å². The molecule has 0 saturated carbocycles. The van der Waals surface area contributed by atoms with Crippen molar-refractivity contribution in [1.82, 2.24) is 19.4 Å². The van der Waals surface area contributed by atoms with Gasteiger partial charge in [-0.25, -0.2) is 15.0 Å². The van der Waals surface area contributed by atoms with Crippen LogP contribution in [0.4, 0.5) is 13.2 Å². The predicted molar refractivity (Wildman–Crippen MR) is 96.1 cm³/mol. The zero-order valence-corrected chi connectivity index (χ0v) is 14.6. The summed E-state index contributed by atoms with van der Waals surface area (Å²) in [6, 6.07) is 13.0. The predicted octanol–water partition coefficient (Wildman–Crippen LogP) is 5.09. The second-order valence-electron chi connectivity index (χ2n) is 6.37. The molecule has 0 atom stereocenters.